The first kappa shape index (κ1) is 17.4. The number of amides is 2. The number of nitrogens with zero attached hydrogens (tertiary/aromatic N) is 3. The molecule has 0 atom stereocenters. The van der Waals surface area contributed by atoms with Gasteiger partial charge in [0.1, 0.15) is 5.82 Å². The fourth-order valence-electron chi connectivity index (χ4n) is 1.97. The molecule has 2 aromatic rings. The SMILES string of the molecule is CCCNC(=O)C(=O)Nc1cc(C)nn1-c1nc(C)c(C)c(=O)[nH]1. The molecule has 9 heteroatoms. The Morgan fingerprint density at radius 2 is 1.96 bits per heavy atom. The van der Waals surface area contributed by atoms with Crippen LogP contribution in [0.3, 0.4) is 0 Å². The molecule has 0 spiro atoms. The first-order chi connectivity index (χ1) is 11.3. The van der Waals surface area contributed by atoms with Gasteiger partial charge in [0.05, 0.1) is 5.69 Å². The molecule has 0 aromatic carbocycles. The smallest absolute Gasteiger partial charge is 0.314 e. The van der Waals surface area contributed by atoms with Crippen LogP contribution in [0.2, 0.25) is 0 Å². The molecule has 2 aromatic heterocycles. The molecular weight excluding hydrogens is 312 g/mol. The summed E-state index contributed by atoms with van der Waals surface area (Å²) in [7, 11) is 0. The molecule has 0 bridgehead atoms. The van der Waals surface area contributed by atoms with E-state index < -0.39 is 11.8 Å². The number of aromatic amines is 1. The van der Waals surface area contributed by atoms with E-state index in [1.165, 1.54) is 4.68 Å². The summed E-state index contributed by atoms with van der Waals surface area (Å²) >= 11 is 0. The first-order valence-electron chi connectivity index (χ1n) is 7.57. The summed E-state index contributed by atoms with van der Waals surface area (Å²) < 4.78 is 1.29. The number of H-pyrrole nitrogens is 1. The summed E-state index contributed by atoms with van der Waals surface area (Å²) in [5.41, 5.74) is 1.37. The van der Waals surface area contributed by atoms with Crippen LogP contribution in [0.1, 0.15) is 30.3 Å². The van der Waals surface area contributed by atoms with E-state index in [2.05, 4.69) is 25.7 Å². The van der Waals surface area contributed by atoms with Gasteiger partial charge in [0.15, 0.2) is 0 Å². The summed E-state index contributed by atoms with van der Waals surface area (Å²) in [5, 5.41) is 9.17. The quantitative estimate of drug-likeness (QED) is 0.697. The highest BCUT2D eigenvalue weighted by Crippen LogP contribution is 2.14. The number of anilines is 1. The zero-order valence-corrected chi connectivity index (χ0v) is 14.1. The summed E-state index contributed by atoms with van der Waals surface area (Å²) in [4.78, 5) is 42.4. The maximum atomic E-state index is 11.9. The van der Waals surface area contributed by atoms with Crippen LogP contribution in [-0.2, 0) is 9.59 Å². The molecule has 0 radical (unpaired) electrons. The summed E-state index contributed by atoms with van der Waals surface area (Å²) in [6.45, 7) is 7.40. The van der Waals surface area contributed by atoms with E-state index in [0.29, 0.717) is 23.5 Å². The van der Waals surface area contributed by atoms with E-state index in [-0.39, 0.29) is 17.3 Å². The molecule has 0 aliphatic carbocycles. The van der Waals surface area contributed by atoms with E-state index in [9.17, 15) is 14.4 Å². The van der Waals surface area contributed by atoms with Gasteiger partial charge in [-0.15, -0.1) is 0 Å². The van der Waals surface area contributed by atoms with Crippen molar-refractivity contribution in [1.29, 1.82) is 0 Å². The second-order valence-electron chi connectivity index (χ2n) is 5.39. The normalized spacial score (nSPS) is 10.5. The molecule has 2 heterocycles. The third kappa shape index (κ3) is 3.67. The van der Waals surface area contributed by atoms with E-state index in [1.54, 1.807) is 26.8 Å². The van der Waals surface area contributed by atoms with Crippen LogP contribution < -0.4 is 16.2 Å². The highest BCUT2D eigenvalue weighted by atomic mass is 16.2. The second-order valence-corrected chi connectivity index (χ2v) is 5.39. The minimum atomic E-state index is -0.809. The van der Waals surface area contributed by atoms with Crippen molar-refractivity contribution < 1.29 is 9.59 Å². The predicted octanol–water partition coefficient (Wildman–Crippen LogP) is 0.346. The third-order valence-corrected chi connectivity index (χ3v) is 3.40. The molecule has 0 saturated heterocycles. The molecule has 2 amide bonds. The molecule has 0 aliphatic heterocycles. The topological polar surface area (TPSA) is 122 Å². The van der Waals surface area contributed by atoms with Crippen molar-refractivity contribution in [2.24, 2.45) is 0 Å². The zero-order chi connectivity index (χ0) is 17.9. The van der Waals surface area contributed by atoms with Crippen LogP contribution >= 0.6 is 0 Å². The van der Waals surface area contributed by atoms with Crippen LogP contribution in [0, 0.1) is 20.8 Å². The lowest BCUT2D eigenvalue weighted by atomic mass is 10.3. The number of carbonyl (C=O) groups excluding carboxylic acids is 2. The van der Waals surface area contributed by atoms with Crippen LogP contribution in [0.25, 0.3) is 5.95 Å². The molecule has 9 nitrogen and oxygen atoms in total. The van der Waals surface area contributed by atoms with Crippen LogP contribution in [-0.4, -0.2) is 38.1 Å². The number of nitrogens with one attached hydrogen (secondary N) is 3. The maximum absolute atomic E-state index is 11.9. The van der Waals surface area contributed by atoms with Crippen LogP contribution in [0.15, 0.2) is 10.9 Å². The molecular formula is C15H20N6O3. The average Bonchev–Trinajstić information content (AvgIpc) is 2.90. The average molecular weight is 332 g/mol. The Morgan fingerprint density at radius 1 is 1.25 bits per heavy atom. The standard InChI is InChI=1S/C15H20N6O3/c1-5-6-16-13(23)14(24)18-11-7-8(2)20-21(11)15-17-10(4)9(3)12(22)19-15/h7H,5-6H2,1-4H3,(H,16,23)(H,18,24)(H,17,19,22). The van der Waals surface area contributed by atoms with E-state index >= 15 is 0 Å². The Kier molecular flexibility index (Phi) is 5.12. The van der Waals surface area contributed by atoms with E-state index in [4.69, 9.17) is 0 Å². The zero-order valence-electron chi connectivity index (χ0n) is 14.1. The van der Waals surface area contributed by atoms with Gasteiger partial charge in [0, 0.05) is 23.9 Å². The van der Waals surface area contributed by atoms with Crippen molar-refractivity contribution in [3.8, 4) is 5.95 Å². The van der Waals surface area contributed by atoms with Crippen LogP contribution in [0.5, 0.6) is 0 Å². The fraction of sp³-hybridized carbons (Fsp3) is 0.400. The lowest BCUT2D eigenvalue weighted by Crippen LogP contribution is -2.36. The Balaban J connectivity index is 2.33. The van der Waals surface area contributed by atoms with Gasteiger partial charge in [-0.3, -0.25) is 19.4 Å². The predicted molar refractivity (Wildman–Crippen MR) is 88.1 cm³/mol. The van der Waals surface area contributed by atoms with E-state index in [0.717, 1.165) is 6.42 Å². The van der Waals surface area contributed by atoms with Gasteiger partial charge in [-0.2, -0.15) is 9.78 Å². The Bertz CT molecular complexity index is 836. The molecule has 0 unspecified atom stereocenters. The highest BCUT2D eigenvalue weighted by molar-refractivity contribution is 6.39. The lowest BCUT2D eigenvalue weighted by molar-refractivity contribution is -0.136. The summed E-state index contributed by atoms with van der Waals surface area (Å²) in [5.74, 6) is -1.13. The Morgan fingerprint density at radius 3 is 2.58 bits per heavy atom. The second kappa shape index (κ2) is 7.07. The van der Waals surface area contributed by atoms with Gasteiger partial charge in [-0.1, -0.05) is 6.92 Å². The largest absolute Gasteiger partial charge is 0.348 e. The monoisotopic (exact) mass is 332 g/mol. The highest BCUT2D eigenvalue weighted by Gasteiger charge is 2.18. The van der Waals surface area contributed by atoms with Crippen molar-refractivity contribution in [3.05, 3.63) is 33.4 Å². The molecule has 24 heavy (non-hydrogen) atoms. The fourth-order valence-corrected chi connectivity index (χ4v) is 1.97. The number of hydrogen-bond acceptors (Lipinski definition) is 5. The van der Waals surface area contributed by atoms with Crippen molar-refractivity contribution in [1.82, 2.24) is 25.1 Å². The number of hydrogen-bond donors (Lipinski definition) is 3. The Labute approximate surface area is 138 Å². The summed E-state index contributed by atoms with van der Waals surface area (Å²) in [6, 6.07) is 1.58. The van der Waals surface area contributed by atoms with E-state index in [1.807, 2.05) is 6.92 Å². The molecule has 128 valence electrons. The van der Waals surface area contributed by atoms with Gasteiger partial charge in [0.25, 0.3) is 5.56 Å². The number of carbonyl (C=O) groups is 2. The van der Waals surface area contributed by atoms with Crippen molar-refractivity contribution in [2.75, 3.05) is 11.9 Å². The number of rotatable bonds is 4. The van der Waals surface area contributed by atoms with Crippen molar-refractivity contribution >= 4 is 17.6 Å². The lowest BCUT2D eigenvalue weighted by Gasteiger charge is -2.09. The Hall–Kier alpha value is -2.97. The van der Waals surface area contributed by atoms with Gasteiger partial charge in [-0.05, 0) is 27.2 Å². The molecule has 2 rings (SSSR count). The van der Waals surface area contributed by atoms with Gasteiger partial charge >= 0.3 is 11.8 Å². The first-order valence-corrected chi connectivity index (χ1v) is 7.57. The van der Waals surface area contributed by atoms with Gasteiger partial charge < -0.3 is 10.6 Å². The number of aromatic nitrogens is 4. The molecule has 0 saturated carbocycles. The molecule has 3 N–H and O–H groups in total. The maximum Gasteiger partial charge on any atom is 0.314 e. The number of aryl methyl sites for hydroxylation is 2. The van der Waals surface area contributed by atoms with Crippen molar-refractivity contribution in [3.63, 3.8) is 0 Å². The minimum Gasteiger partial charge on any atom is -0.348 e. The van der Waals surface area contributed by atoms with Gasteiger partial charge in [0.2, 0.25) is 5.95 Å². The van der Waals surface area contributed by atoms with Crippen LogP contribution in [0.4, 0.5) is 5.82 Å². The minimum absolute atomic E-state index is 0.167. The molecule has 0 fully saturated rings. The van der Waals surface area contributed by atoms with Crippen molar-refractivity contribution in [2.45, 2.75) is 34.1 Å². The summed E-state index contributed by atoms with van der Waals surface area (Å²) in [6.07, 6.45) is 0.726. The molecule has 0 aliphatic rings. The van der Waals surface area contributed by atoms with Gasteiger partial charge in [-0.25, -0.2) is 4.98 Å². The third-order valence-electron chi connectivity index (χ3n) is 3.40.